The van der Waals surface area contributed by atoms with E-state index in [-0.39, 0.29) is 23.4 Å². The molecule has 0 radical (unpaired) electrons. The molecule has 0 aliphatic carbocycles. The maximum atomic E-state index is 12.8. The van der Waals surface area contributed by atoms with Gasteiger partial charge in [-0.25, -0.2) is 18.1 Å². The zero-order valence-electron chi connectivity index (χ0n) is 16.9. The smallest absolute Gasteiger partial charge is 0.240 e. The maximum absolute atomic E-state index is 12.8. The van der Waals surface area contributed by atoms with Gasteiger partial charge in [0.1, 0.15) is 0 Å². The van der Waals surface area contributed by atoms with Gasteiger partial charge in [-0.1, -0.05) is 24.3 Å². The van der Waals surface area contributed by atoms with Crippen molar-refractivity contribution in [3.63, 3.8) is 0 Å². The zero-order valence-corrected chi connectivity index (χ0v) is 17.8. The molecule has 30 heavy (non-hydrogen) atoms. The second kappa shape index (κ2) is 8.04. The van der Waals surface area contributed by atoms with Gasteiger partial charge in [0.15, 0.2) is 0 Å². The van der Waals surface area contributed by atoms with Crippen LogP contribution < -0.4 is 9.62 Å². The van der Waals surface area contributed by atoms with Gasteiger partial charge in [-0.2, -0.15) is 0 Å². The van der Waals surface area contributed by atoms with Crippen molar-refractivity contribution in [2.75, 3.05) is 4.90 Å². The summed E-state index contributed by atoms with van der Waals surface area (Å²) in [6, 6.07) is 12.8. The standard InChI is InChI=1S/C22H24N4O3S/c1-16-11-20-12-21(7-8-22(20)26(16)17(2)27)30(28,29)24-13-18-3-5-19(6-4-18)14-25-10-9-23-15-25/h3-10,12,15-16,24H,11,13-14H2,1-2H3. The quantitative estimate of drug-likeness (QED) is 0.659. The van der Waals surface area contributed by atoms with Gasteiger partial charge in [0.2, 0.25) is 15.9 Å². The van der Waals surface area contributed by atoms with Crippen molar-refractivity contribution in [1.29, 1.82) is 0 Å². The van der Waals surface area contributed by atoms with Crippen LogP contribution in [0.4, 0.5) is 5.69 Å². The van der Waals surface area contributed by atoms with E-state index in [1.54, 1.807) is 35.6 Å². The fourth-order valence-electron chi connectivity index (χ4n) is 3.87. The number of aromatic nitrogens is 2. The van der Waals surface area contributed by atoms with Gasteiger partial charge in [-0.15, -0.1) is 0 Å². The minimum Gasteiger partial charge on any atom is -0.333 e. The van der Waals surface area contributed by atoms with Crippen LogP contribution in [0.3, 0.4) is 0 Å². The minimum absolute atomic E-state index is 0.0317. The zero-order chi connectivity index (χ0) is 21.3. The van der Waals surface area contributed by atoms with Crippen molar-refractivity contribution < 1.29 is 13.2 Å². The van der Waals surface area contributed by atoms with Crippen molar-refractivity contribution in [1.82, 2.24) is 14.3 Å². The molecule has 1 amide bonds. The Balaban J connectivity index is 1.44. The topological polar surface area (TPSA) is 84.3 Å². The summed E-state index contributed by atoms with van der Waals surface area (Å²) in [7, 11) is -3.65. The van der Waals surface area contributed by atoms with Gasteiger partial charge < -0.3 is 9.47 Å². The fourth-order valence-corrected chi connectivity index (χ4v) is 4.94. The molecule has 2 aromatic carbocycles. The lowest BCUT2D eigenvalue weighted by molar-refractivity contribution is -0.116. The number of benzene rings is 2. The predicted octanol–water partition coefficient (Wildman–Crippen LogP) is 2.71. The number of anilines is 1. The SMILES string of the molecule is CC(=O)N1c2ccc(S(=O)(=O)NCc3ccc(Cn4ccnc4)cc3)cc2CC1C. The third-order valence-electron chi connectivity index (χ3n) is 5.33. The Labute approximate surface area is 176 Å². The van der Waals surface area contributed by atoms with Crippen LogP contribution in [-0.4, -0.2) is 29.9 Å². The van der Waals surface area contributed by atoms with E-state index in [0.717, 1.165) is 28.9 Å². The Bertz CT molecular complexity index is 1160. The Morgan fingerprint density at radius 2 is 1.90 bits per heavy atom. The van der Waals surface area contributed by atoms with Gasteiger partial charge in [-0.3, -0.25) is 4.79 Å². The summed E-state index contributed by atoms with van der Waals surface area (Å²) >= 11 is 0. The molecule has 1 aliphatic rings. The monoisotopic (exact) mass is 424 g/mol. The first kappa shape index (κ1) is 20.3. The summed E-state index contributed by atoms with van der Waals surface area (Å²) in [5, 5.41) is 0. The molecule has 0 saturated heterocycles. The molecule has 1 atom stereocenters. The molecule has 1 N–H and O–H groups in total. The van der Waals surface area contributed by atoms with Gasteiger partial charge >= 0.3 is 0 Å². The van der Waals surface area contributed by atoms with Crippen LogP contribution in [0.1, 0.15) is 30.5 Å². The highest BCUT2D eigenvalue weighted by Gasteiger charge is 2.30. The number of nitrogens with one attached hydrogen (secondary N) is 1. The number of nitrogens with zero attached hydrogens (tertiary/aromatic N) is 3. The molecule has 2 heterocycles. The predicted molar refractivity (Wildman–Crippen MR) is 115 cm³/mol. The molecule has 0 spiro atoms. The average molecular weight is 425 g/mol. The van der Waals surface area contributed by atoms with E-state index in [2.05, 4.69) is 9.71 Å². The van der Waals surface area contributed by atoms with E-state index in [0.29, 0.717) is 6.42 Å². The van der Waals surface area contributed by atoms with Crippen LogP contribution in [0, 0.1) is 0 Å². The average Bonchev–Trinajstić information content (AvgIpc) is 3.33. The first-order chi connectivity index (χ1) is 14.3. The van der Waals surface area contributed by atoms with Crippen molar-refractivity contribution in [3.05, 3.63) is 77.9 Å². The summed E-state index contributed by atoms with van der Waals surface area (Å²) in [6.45, 7) is 4.42. The lowest BCUT2D eigenvalue weighted by Gasteiger charge is -2.20. The maximum Gasteiger partial charge on any atom is 0.240 e. The van der Waals surface area contributed by atoms with E-state index in [9.17, 15) is 13.2 Å². The molecule has 1 unspecified atom stereocenters. The summed E-state index contributed by atoms with van der Waals surface area (Å²) in [4.78, 5) is 17.8. The highest BCUT2D eigenvalue weighted by molar-refractivity contribution is 7.89. The number of hydrogen-bond acceptors (Lipinski definition) is 4. The molecule has 1 aliphatic heterocycles. The Morgan fingerprint density at radius 1 is 1.17 bits per heavy atom. The molecule has 4 rings (SSSR count). The molecule has 8 heteroatoms. The number of imidazole rings is 1. The lowest BCUT2D eigenvalue weighted by Crippen LogP contribution is -2.33. The van der Waals surface area contributed by atoms with Gasteiger partial charge in [0.25, 0.3) is 0 Å². The number of amides is 1. The van der Waals surface area contributed by atoms with Gasteiger partial charge in [-0.05, 0) is 48.2 Å². The number of hydrogen-bond donors (Lipinski definition) is 1. The van der Waals surface area contributed by atoms with Crippen molar-refractivity contribution >= 4 is 21.6 Å². The largest absolute Gasteiger partial charge is 0.333 e. The molecule has 1 aromatic heterocycles. The third kappa shape index (κ3) is 4.15. The highest BCUT2D eigenvalue weighted by Crippen LogP contribution is 2.33. The van der Waals surface area contributed by atoms with Crippen LogP contribution in [-0.2, 0) is 34.3 Å². The van der Waals surface area contributed by atoms with E-state index in [4.69, 9.17) is 0 Å². The van der Waals surface area contributed by atoms with Gasteiger partial charge in [0, 0.05) is 44.1 Å². The normalized spacial score (nSPS) is 15.9. The Morgan fingerprint density at radius 3 is 2.57 bits per heavy atom. The summed E-state index contributed by atoms with van der Waals surface area (Å²) in [6.07, 6.45) is 6.04. The second-order valence-electron chi connectivity index (χ2n) is 7.61. The van der Waals surface area contributed by atoms with Crippen molar-refractivity contribution in [2.24, 2.45) is 0 Å². The summed E-state index contributed by atoms with van der Waals surface area (Å²) in [5.41, 5.74) is 3.67. The van der Waals surface area contributed by atoms with E-state index >= 15 is 0 Å². The fraction of sp³-hybridized carbons (Fsp3) is 0.273. The third-order valence-corrected chi connectivity index (χ3v) is 6.73. The lowest BCUT2D eigenvalue weighted by atomic mass is 10.1. The molecule has 7 nitrogen and oxygen atoms in total. The van der Waals surface area contributed by atoms with Crippen LogP contribution in [0.2, 0.25) is 0 Å². The Kier molecular flexibility index (Phi) is 5.44. The number of sulfonamides is 1. The molecular formula is C22H24N4O3S. The number of fused-ring (bicyclic) bond motifs is 1. The molecular weight excluding hydrogens is 400 g/mol. The minimum atomic E-state index is -3.65. The van der Waals surface area contributed by atoms with E-state index < -0.39 is 10.0 Å². The molecule has 0 saturated carbocycles. The van der Waals surface area contributed by atoms with Crippen LogP contribution in [0.25, 0.3) is 0 Å². The van der Waals surface area contributed by atoms with Crippen LogP contribution in [0.15, 0.2) is 66.1 Å². The van der Waals surface area contributed by atoms with Crippen molar-refractivity contribution in [2.45, 2.75) is 44.3 Å². The van der Waals surface area contributed by atoms with Crippen molar-refractivity contribution in [3.8, 4) is 0 Å². The molecule has 156 valence electrons. The number of carbonyl (C=O) groups excluding carboxylic acids is 1. The first-order valence-corrected chi connectivity index (χ1v) is 11.3. The molecule has 0 fully saturated rings. The van der Waals surface area contributed by atoms with Gasteiger partial charge in [0.05, 0.1) is 11.2 Å². The second-order valence-corrected chi connectivity index (χ2v) is 9.38. The summed E-state index contributed by atoms with van der Waals surface area (Å²) in [5.74, 6) is -0.0357. The number of rotatable bonds is 6. The summed E-state index contributed by atoms with van der Waals surface area (Å²) < 4.78 is 30.2. The van der Waals surface area contributed by atoms with E-state index in [1.165, 1.54) is 6.92 Å². The number of carbonyl (C=O) groups is 1. The molecule has 3 aromatic rings. The molecule has 0 bridgehead atoms. The highest BCUT2D eigenvalue weighted by atomic mass is 32.2. The first-order valence-electron chi connectivity index (χ1n) is 9.79. The van der Waals surface area contributed by atoms with E-state index in [1.807, 2.05) is 42.0 Å². The van der Waals surface area contributed by atoms with Crippen LogP contribution in [0.5, 0.6) is 0 Å². The Hall–Kier alpha value is -2.97. The van der Waals surface area contributed by atoms with Crippen LogP contribution >= 0.6 is 0 Å².